The second-order valence-electron chi connectivity index (χ2n) is 22.6. The standard InChI is InChI=1S/C70H58/c1-5-13-51(14-6-1)21-23-55-27-35-65(61(39-55)29-25-53-17-9-3-10-18-53)69-45-57-37-58(46-69)42-67(41-57,49-69)63-31-33-64(34-32-63)68-43-59-38-60(44-68)48-70(47-59,50-68)66-36-28-56(24-22-52-15-7-2-8-16-52)40-62(66)30-26-54-19-11-4-12-20-54/h1-20,27-28,31-36,39-40,57-60H,37-38,41-50H2. The van der Waals surface area contributed by atoms with Crippen molar-refractivity contribution >= 4 is 0 Å². The highest BCUT2D eigenvalue weighted by Gasteiger charge is 2.61. The van der Waals surface area contributed by atoms with E-state index in [4.69, 9.17) is 0 Å². The molecular weight excluding hydrogens is 841 g/mol. The first kappa shape index (κ1) is 42.8. The van der Waals surface area contributed by atoms with Gasteiger partial charge in [-0.05, 0) is 217 Å². The van der Waals surface area contributed by atoms with Crippen molar-refractivity contribution in [1.29, 1.82) is 0 Å². The molecule has 0 amide bonds. The fraction of sp³-hybridized carbons (Fsp3) is 0.286. The maximum atomic E-state index is 3.73. The van der Waals surface area contributed by atoms with Crippen LogP contribution in [0.2, 0.25) is 0 Å². The summed E-state index contributed by atoms with van der Waals surface area (Å²) in [6.45, 7) is 0. The van der Waals surface area contributed by atoms with E-state index in [1.807, 2.05) is 12.1 Å². The van der Waals surface area contributed by atoms with Gasteiger partial charge in [0.15, 0.2) is 0 Å². The lowest BCUT2D eigenvalue weighted by molar-refractivity contribution is -0.0298. The van der Waals surface area contributed by atoms with Crippen molar-refractivity contribution in [2.45, 2.75) is 98.7 Å². The summed E-state index contributed by atoms with van der Waals surface area (Å²) in [6.07, 6.45) is 15.5. The number of hydrogen-bond acceptors (Lipinski definition) is 0. The minimum atomic E-state index is 0.116. The zero-order valence-corrected chi connectivity index (χ0v) is 40.1. The Balaban J connectivity index is 0.830. The third-order valence-electron chi connectivity index (χ3n) is 17.9. The highest BCUT2D eigenvalue weighted by Crippen LogP contribution is 2.68. The van der Waals surface area contributed by atoms with E-state index in [0.29, 0.717) is 0 Å². The normalized spacial score (nSPS) is 28.2. The summed E-state index contributed by atoms with van der Waals surface area (Å²) in [5, 5.41) is 0. The van der Waals surface area contributed by atoms with Gasteiger partial charge in [0.05, 0.1) is 0 Å². The van der Waals surface area contributed by atoms with E-state index in [-0.39, 0.29) is 21.7 Å². The zero-order valence-electron chi connectivity index (χ0n) is 40.1. The van der Waals surface area contributed by atoms with Gasteiger partial charge in [0, 0.05) is 44.5 Å². The average Bonchev–Trinajstić information content (AvgIpc) is 3.39. The van der Waals surface area contributed by atoms with Crippen molar-refractivity contribution in [3.63, 3.8) is 0 Å². The zero-order chi connectivity index (χ0) is 46.6. The first-order valence-corrected chi connectivity index (χ1v) is 26.1. The smallest absolute Gasteiger partial charge is 0.0299 e. The molecule has 8 saturated carbocycles. The summed E-state index contributed by atoms with van der Waals surface area (Å²) in [5.74, 6) is 31.4. The van der Waals surface area contributed by atoms with Crippen LogP contribution in [0.1, 0.15) is 144 Å². The van der Waals surface area contributed by atoms with Gasteiger partial charge in [0.1, 0.15) is 0 Å². The van der Waals surface area contributed by atoms with E-state index in [0.717, 1.165) is 68.2 Å². The highest BCUT2D eigenvalue weighted by atomic mass is 14.6. The van der Waals surface area contributed by atoms with Crippen molar-refractivity contribution < 1.29 is 0 Å². The predicted octanol–water partition coefficient (Wildman–Crippen LogP) is 14.9. The molecule has 0 radical (unpaired) electrons. The van der Waals surface area contributed by atoms with Crippen molar-refractivity contribution in [2.75, 3.05) is 0 Å². The van der Waals surface area contributed by atoms with Crippen molar-refractivity contribution in [3.05, 3.63) is 249 Å². The molecule has 7 aromatic carbocycles. The highest BCUT2D eigenvalue weighted by molar-refractivity contribution is 5.58. The van der Waals surface area contributed by atoms with Crippen molar-refractivity contribution in [1.82, 2.24) is 0 Å². The van der Waals surface area contributed by atoms with Crippen LogP contribution in [0.3, 0.4) is 0 Å². The van der Waals surface area contributed by atoms with E-state index in [1.165, 1.54) is 88.2 Å². The summed E-state index contributed by atoms with van der Waals surface area (Å²) in [6, 6.07) is 66.2. The summed E-state index contributed by atoms with van der Waals surface area (Å²) in [7, 11) is 0. The van der Waals surface area contributed by atoms with E-state index in [2.05, 4.69) is 217 Å². The molecule has 0 aromatic heterocycles. The molecule has 8 aliphatic carbocycles. The first-order chi connectivity index (χ1) is 34.4. The van der Waals surface area contributed by atoms with Crippen molar-refractivity contribution in [3.8, 4) is 47.4 Å². The van der Waals surface area contributed by atoms with Crippen LogP contribution >= 0.6 is 0 Å². The largest absolute Gasteiger partial charge is 0.0622 e. The van der Waals surface area contributed by atoms with Crippen LogP contribution in [0.15, 0.2) is 182 Å². The molecule has 4 unspecified atom stereocenters. The van der Waals surface area contributed by atoms with Crippen LogP contribution < -0.4 is 0 Å². The number of hydrogen-bond donors (Lipinski definition) is 0. The molecule has 8 fully saturated rings. The molecule has 8 aliphatic rings. The van der Waals surface area contributed by atoms with E-state index in [9.17, 15) is 0 Å². The predicted molar refractivity (Wildman–Crippen MR) is 285 cm³/mol. The lowest BCUT2D eigenvalue weighted by atomic mass is 9.41. The average molecular weight is 899 g/mol. The monoisotopic (exact) mass is 898 g/mol. The van der Waals surface area contributed by atoms with Crippen molar-refractivity contribution in [2.24, 2.45) is 23.7 Å². The second kappa shape index (κ2) is 17.3. The molecule has 0 N–H and O–H groups in total. The van der Waals surface area contributed by atoms with Gasteiger partial charge in [-0.3, -0.25) is 0 Å². The summed E-state index contributed by atoms with van der Waals surface area (Å²) in [4.78, 5) is 0. The topological polar surface area (TPSA) is 0 Å². The Morgan fingerprint density at radius 3 is 0.886 bits per heavy atom. The van der Waals surface area contributed by atoms with E-state index < -0.39 is 0 Å². The van der Waals surface area contributed by atoms with E-state index >= 15 is 0 Å². The molecule has 0 heterocycles. The molecule has 7 aromatic rings. The quantitative estimate of drug-likeness (QED) is 0.154. The molecule has 0 nitrogen and oxygen atoms in total. The van der Waals surface area contributed by atoms with Crippen LogP contribution in [0, 0.1) is 71.0 Å². The molecular formula is C70H58. The third kappa shape index (κ3) is 8.00. The maximum absolute atomic E-state index is 3.73. The molecule has 70 heavy (non-hydrogen) atoms. The minimum absolute atomic E-state index is 0.116. The van der Waals surface area contributed by atoms with Gasteiger partial charge in [0.2, 0.25) is 0 Å². The number of benzene rings is 7. The second-order valence-corrected chi connectivity index (χ2v) is 22.6. The lowest BCUT2D eigenvalue weighted by Gasteiger charge is -2.63. The molecule has 0 spiro atoms. The lowest BCUT2D eigenvalue weighted by Crippen LogP contribution is -2.56. The van der Waals surface area contributed by atoms with E-state index in [1.54, 1.807) is 11.1 Å². The Labute approximate surface area is 416 Å². The summed E-state index contributed by atoms with van der Waals surface area (Å²) < 4.78 is 0. The molecule has 0 aliphatic heterocycles. The fourth-order valence-corrected chi connectivity index (χ4v) is 16.0. The van der Waals surface area contributed by atoms with Crippen LogP contribution in [0.4, 0.5) is 0 Å². The number of rotatable bonds is 4. The van der Waals surface area contributed by atoms with Crippen LogP contribution in [-0.2, 0) is 21.7 Å². The van der Waals surface area contributed by atoms with Gasteiger partial charge in [-0.15, -0.1) is 0 Å². The molecule has 4 atom stereocenters. The van der Waals surface area contributed by atoms with Gasteiger partial charge < -0.3 is 0 Å². The van der Waals surface area contributed by atoms with Crippen LogP contribution in [0.5, 0.6) is 0 Å². The Morgan fingerprint density at radius 1 is 0.271 bits per heavy atom. The first-order valence-electron chi connectivity index (χ1n) is 26.1. The Hall–Kier alpha value is -7.22. The molecule has 0 heteroatoms. The molecule has 8 bridgehead atoms. The van der Waals surface area contributed by atoms with Gasteiger partial charge in [-0.2, -0.15) is 0 Å². The van der Waals surface area contributed by atoms with Crippen LogP contribution in [0.25, 0.3) is 0 Å². The van der Waals surface area contributed by atoms with Crippen LogP contribution in [-0.4, -0.2) is 0 Å². The van der Waals surface area contributed by atoms with Gasteiger partial charge in [-0.1, -0.05) is 157 Å². The van der Waals surface area contributed by atoms with Gasteiger partial charge >= 0.3 is 0 Å². The SMILES string of the molecule is C(#Cc1ccc(C23CC4CC(CC(c5ccc(C67CC8CC(C6)CC(c6ccc(C#Cc9ccccc9)cc6C#Cc6ccccc6)(C8)C7)cc5)(C4)C2)C3)c(C#Cc2ccccc2)c1)c1ccccc1. The summed E-state index contributed by atoms with van der Waals surface area (Å²) >= 11 is 0. The Kier molecular flexibility index (Phi) is 10.6. The summed E-state index contributed by atoms with van der Waals surface area (Å²) in [5.41, 5.74) is 15.3. The molecule has 0 saturated heterocycles. The molecule has 15 rings (SSSR count). The Morgan fingerprint density at radius 2 is 0.557 bits per heavy atom. The fourth-order valence-electron chi connectivity index (χ4n) is 16.0. The van der Waals surface area contributed by atoms with Gasteiger partial charge in [0.25, 0.3) is 0 Å². The molecule has 338 valence electrons. The Bertz CT molecular complexity index is 3110. The van der Waals surface area contributed by atoms with Gasteiger partial charge in [-0.25, -0.2) is 0 Å². The third-order valence-corrected chi connectivity index (χ3v) is 17.9. The minimum Gasteiger partial charge on any atom is -0.0622 e. The maximum Gasteiger partial charge on any atom is 0.0299 e.